The highest BCUT2D eigenvalue weighted by molar-refractivity contribution is 7.92. The second-order valence-electron chi connectivity index (χ2n) is 9.08. The van der Waals surface area contributed by atoms with E-state index in [2.05, 4.69) is 31.3 Å². The van der Waals surface area contributed by atoms with Crippen LogP contribution in [0.2, 0.25) is 0 Å². The minimum absolute atomic E-state index is 0.0211. The molecule has 0 aliphatic heterocycles. The van der Waals surface area contributed by atoms with Gasteiger partial charge in [0, 0.05) is 19.0 Å². The summed E-state index contributed by atoms with van der Waals surface area (Å²) in [7, 11) is -3.43. The molecule has 0 radical (unpaired) electrons. The van der Waals surface area contributed by atoms with Crippen molar-refractivity contribution < 1.29 is 13.2 Å². The molecule has 0 saturated carbocycles. The van der Waals surface area contributed by atoms with Crippen LogP contribution in [0.4, 0.5) is 5.69 Å². The van der Waals surface area contributed by atoms with Crippen LogP contribution in [0.5, 0.6) is 0 Å². The van der Waals surface area contributed by atoms with Gasteiger partial charge in [-0.3, -0.25) is 9.10 Å². The number of amides is 1. The lowest BCUT2D eigenvalue weighted by Gasteiger charge is -2.29. The van der Waals surface area contributed by atoms with Gasteiger partial charge in [-0.05, 0) is 61.8 Å². The molecule has 0 heterocycles. The highest BCUT2D eigenvalue weighted by atomic mass is 32.2. The van der Waals surface area contributed by atoms with Crippen molar-refractivity contribution in [3.63, 3.8) is 0 Å². The van der Waals surface area contributed by atoms with Crippen molar-refractivity contribution in [2.45, 2.75) is 65.3 Å². The zero-order chi connectivity index (χ0) is 23.2. The Morgan fingerprint density at radius 2 is 1.71 bits per heavy atom. The van der Waals surface area contributed by atoms with E-state index in [-0.39, 0.29) is 30.3 Å². The van der Waals surface area contributed by atoms with Gasteiger partial charge in [0.15, 0.2) is 0 Å². The molecule has 0 bridgehead atoms. The summed E-state index contributed by atoms with van der Waals surface area (Å²) in [5, 5.41) is 3.07. The lowest BCUT2D eigenvalue weighted by atomic mass is 9.79. The normalized spacial score (nSPS) is 13.0. The summed E-state index contributed by atoms with van der Waals surface area (Å²) in [5.74, 6) is -0.0502. The van der Waals surface area contributed by atoms with Gasteiger partial charge in [-0.15, -0.1) is 0 Å². The molecule has 31 heavy (non-hydrogen) atoms. The molecular formula is C25H36N2O3S. The predicted molar refractivity (Wildman–Crippen MR) is 129 cm³/mol. The zero-order valence-electron chi connectivity index (χ0n) is 19.6. The van der Waals surface area contributed by atoms with E-state index in [1.165, 1.54) is 16.1 Å². The summed E-state index contributed by atoms with van der Waals surface area (Å²) in [5.41, 5.74) is 3.85. The Hall–Kier alpha value is -2.34. The Kier molecular flexibility index (Phi) is 8.29. The highest BCUT2D eigenvalue weighted by Gasteiger charge is 2.24. The number of nitrogens with one attached hydrogen (secondary N) is 1. The summed E-state index contributed by atoms with van der Waals surface area (Å²) >= 11 is 0. The average molecular weight is 445 g/mol. The maximum atomic E-state index is 12.5. The third kappa shape index (κ3) is 7.10. The van der Waals surface area contributed by atoms with Crippen molar-refractivity contribution in [1.82, 2.24) is 5.32 Å². The molecule has 0 aliphatic rings. The molecule has 1 N–H and O–H groups in total. The van der Waals surface area contributed by atoms with Crippen LogP contribution in [0.15, 0.2) is 48.5 Å². The number of carbonyl (C=O) groups is 1. The number of hydrogen-bond donors (Lipinski definition) is 1. The second-order valence-corrected chi connectivity index (χ2v) is 11.0. The Bertz CT molecular complexity index is 985. The van der Waals surface area contributed by atoms with Gasteiger partial charge in [-0.25, -0.2) is 8.42 Å². The largest absolute Gasteiger partial charge is 0.354 e. The van der Waals surface area contributed by atoms with Crippen LogP contribution in [0.3, 0.4) is 0 Å². The molecule has 170 valence electrons. The SMILES string of the molecule is Cc1cccc(N(CCCC(=O)N[C@@H](C)CC(C)(C)c2ccccc2)S(C)(=O)=O)c1C. The molecule has 0 spiro atoms. The first-order valence-electron chi connectivity index (χ1n) is 10.8. The van der Waals surface area contributed by atoms with Crippen LogP contribution in [0.25, 0.3) is 0 Å². The molecule has 2 aromatic rings. The van der Waals surface area contributed by atoms with Crippen LogP contribution < -0.4 is 9.62 Å². The number of nitrogens with zero attached hydrogens (tertiary/aromatic N) is 1. The van der Waals surface area contributed by atoms with Crippen LogP contribution in [-0.4, -0.2) is 33.2 Å². The number of benzene rings is 2. The topological polar surface area (TPSA) is 66.5 Å². The molecule has 1 amide bonds. The standard InChI is InChI=1S/C25H36N2O3S/c1-19-12-10-15-23(21(19)3)27(31(6,29)30)17-11-16-24(28)26-20(2)18-25(4,5)22-13-8-7-9-14-22/h7-10,12-15,20H,11,16-18H2,1-6H3,(H,26,28)/t20-/m0/s1. The average Bonchev–Trinajstić information content (AvgIpc) is 2.67. The Labute approximate surface area is 187 Å². The first-order valence-corrected chi connectivity index (χ1v) is 12.7. The van der Waals surface area contributed by atoms with Gasteiger partial charge in [-0.1, -0.05) is 56.3 Å². The van der Waals surface area contributed by atoms with Crippen LogP contribution in [-0.2, 0) is 20.2 Å². The van der Waals surface area contributed by atoms with E-state index in [4.69, 9.17) is 0 Å². The van der Waals surface area contributed by atoms with E-state index < -0.39 is 10.0 Å². The molecule has 0 saturated heterocycles. The molecule has 0 aromatic heterocycles. The lowest BCUT2D eigenvalue weighted by molar-refractivity contribution is -0.121. The fraction of sp³-hybridized carbons (Fsp3) is 0.480. The molecule has 2 rings (SSSR count). The number of hydrogen-bond acceptors (Lipinski definition) is 3. The fourth-order valence-corrected chi connectivity index (χ4v) is 5.04. The summed E-state index contributed by atoms with van der Waals surface area (Å²) in [6.07, 6.45) is 2.78. The molecule has 1 atom stereocenters. The van der Waals surface area contributed by atoms with E-state index in [9.17, 15) is 13.2 Å². The fourth-order valence-electron chi connectivity index (χ4n) is 4.02. The number of aryl methyl sites for hydroxylation is 1. The van der Waals surface area contributed by atoms with E-state index >= 15 is 0 Å². The van der Waals surface area contributed by atoms with E-state index in [1.807, 2.05) is 57.2 Å². The van der Waals surface area contributed by atoms with E-state index in [0.717, 1.165) is 17.5 Å². The van der Waals surface area contributed by atoms with Gasteiger partial charge in [0.25, 0.3) is 0 Å². The van der Waals surface area contributed by atoms with Gasteiger partial charge in [0.1, 0.15) is 0 Å². The van der Waals surface area contributed by atoms with E-state index in [1.54, 1.807) is 0 Å². The number of carbonyl (C=O) groups excluding carboxylic acids is 1. The quantitative estimate of drug-likeness (QED) is 0.576. The number of anilines is 1. The summed E-state index contributed by atoms with van der Waals surface area (Å²) < 4.78 is 26.1. The first kappa shape index (κ1) is 24.9. The maximum Gasteiger partial charge on any atom is 0.232 e. The summed E-state index contributed by atoms with van der Waals surface area (Å²) in [6, 6.07) is 16.0. The Morgan fingerprint density at radius 3 is 2.32 bits per heavy atom. The van der Waals surface area contributed by atoms with Gasteiger partial charge in [0.2, 0.25) is 15.9 Å². The lowest BCUT2D eigenvalue weighted by Crippen LogP contribution is -2.38. The summed E-state index contributed by atoms with van der Waals surface area (Å²) in [6.45, 7) is 10.5. The maximum absolute atomic E-state index is 12.5. The highest BCUT2D eigenvalue weighted by Crippen LogP contribution is 2.28. The molecule has 0 unspecified atom stereocenters. The predicted octanol–water partition coefficient (Wildman–Crippen LogP) is 4.72. The monoisotopic (exact) mass is 444 g/mol. The number of sulfonamides is 1. The van der Waals surface area contributed by atoms with Crippen molar-refractivity contribution in [2.75, 3.05) is 17.1 Å². The van der Waals surface area contributed by atoms with Crippen LogP contribution in [0.1, 0.15) is 56.7 Å². The molecule has 5 nitrogen and oxygen atoms in total. The molecule has 0 fully saturated rings. The van der Waals surface area contributed by atoms with Gasteiger partial charge >= 0.3 is 0 Å². The first-order chi connectivity index (χ1) is 14.4. The zero-order valence-corrected chi connectivity index (χ0v) is 20.4. The Balaban J connectivity index is 1.93. The van der Waals surface area contributed by atoms with Crippen molar-refractivity contribution in [1.29, 1.82) is 0 Å². The van der Waals surface area contributed by atoms with Crippen molar-refractivity contribution in [3.05, 3.63) is 65.2 Å². The van der Waals surface area contributed by atoms with Gasteiger partial charge in [-0.2, -0.15) is 0 Å². The minimum Gasteiger partial charge on any atom is -0.354 e. The van der Waals surface area contributed by atoms with Crippen molar-refractivity contribution in [2.24, 2.45) is 0 Å². The minimum atomic E-state index is -3.43. The summed E-state index contributed by atoms with van der Waals surface area (Å²) in [4.78, 5) is 12.5. The second kappa shape index (κ2) is 10.3. The van der Waals surface area contributed by atoms with Gasteiger partial charge in [0.05, 0.1) is 11.9 Å². The third-order valence-electron chi connectivity index (χ3n) is 5.79. The molecule has 2 aromatic carbocycles. The molecular weight excluding hydrogens is 408 g/mol. The van der Waals surface area contributed by atoms with Crippen LogP contribution >= 0.6 is 0 Å². The molecule has 6 heteroatoms. The third-order valence-corrected chi connectivity index (χ3v) is 6.97. The van der Waals surface area contributed by atoms with Crippen molar-refractivity contribution >= 4 is 21.6 Å². The Morgan fingerprint density at radius 1 is 1.06 bits per heavy atom. The smallest absolute Gasteiger partial charge is 0.232 e. The van der Waals surface area contributed by atoms with Crippen LogP contribution in [0, 0.1) is 13.8 Å². The van der Waals surface area contributed by atoms with Gasteiger partial charge < -0.3 is 5.32 Å². The van der Waals surface area contributed by atoms with Crippen molar-refractivity contribution in [3.8, 4) is 0 Å². The molecule has 0 aliphatic carbocycles. The van der Waals surface area contributed by atoms with E-state index in [0.29, 0.717) is 12.1 Å². The number of rotatable bonds is 10.